The minimum atomic E-state index is -0.278. The smallest absolute Gasteiger partial charge is 0.275 e. The van der Waals surface area contributed by atoms with Crippen molar-refractivity contribution in [3.05, 3.63) is 47.0 Å². The molecule has 0 unspecified atom stereocenters. The van der Waals surface area contributed by atoms with Gasteiger partial charge >= 0.3 is 0 Å². The van der Waals surface area contributed by atoms with E-state index in [1.165, 1.54) is 11.3 Å². The van der Waals surface area contributed by atoms with Crippen molar-refractivity contribution < 1.29 is 4.79 Å². The van der Waals surface area contributed by atoms with E-state index in [0.717, 1.165) is 21.6 Å². The van der Waals surface area contributed by atoms with E-state index in [4.69, 9.17) is 5.84 Å². The van der Waals surface area contributed by atoms with Crippen LogP contribution >= 0.6 is 11.3 Å². The molecule has 2 heterocycles. The predicted octanol–water partition coefficient (Wildman–Crippen LogP) is 2.00. The average Bonchev–Trinajstić information content (AvgIpc) is 3.00. The van der Waals surface area contributed by atoms with Crippen molar-refractivity contribution in [3.8, 4) is 5.69 Å². The van der Waals surface area contributed by atoms with Crippen molar-refractivity contribution in [3.63, 3.8) is 0 Å². The van der Waals surface area contributed by atoms with Gasteiger partial charge in [-0.25, -0.2) is 10.5 Å². The summed E-state index contributed by atoms with van der Waals surface area (Å²) < 4.78 is 1.85. The number of benzene rings is 1. The van der Waals surface area contributed by atoms with Gasteiger partial charge < -0.3 is 0 Å². The van der Waals surface area contributed by atoms with Gasteiger partial charge in [-0.05, 0) is 25.1 Å². The number of rotatable bonds is 2. The maximum absolute atomic E-state index is 11.6. The molecule has 0 saturated heterocycles. The quantitative estimate of drug-likeness (QED) is 0.426. The molecule has 1 amide bonds. The van der Waals surface area contributed by atoms with Crippen LogP contribution in [0.5, 0.6) is 0 Å². The van der Waals surface area contributed by atoms with Crippen molar-refractivity contribution in [1.82, 2.24) is 15.2 Å². The number of thiophene rings is 1. The van der Waals surface area contributed by atoms with E-state index in [-0.39, 0.29) is 5.91 Å². The Morgan fingerprint density at radius 3 is 2.79 bits per heavy atom. The molecule has 0 aliphatic heterocycles. The highest BCUT2D eigenvalue weighted by atomic mass is 32.1. The molecule has 3 N–H and O–H groups in total. The van der Waals surface area contributed by atoms with Gasteiger partial charge in [0.1, 0.15) is 4.83 Å². The second-order valence-corrected chi connectivity index (χ2v) is 5.17. The zero-order chi connectivity index (χ0) is 13.4. The van der Waals surface area contributed by atoms with Gasteiger partial charge in [-0.1, -0.05) is 18.2 Å². The SMILES string of the molecule is Cc1nn(-c2ccccc2)c2sc(C(=O)NN)cc12. The molecule has 0 radical (unpaired) electrons. The van der Waals surface area contributed by atoms with Gasteiger partial charge in [0.15, 0.2) is 0 Å². The lowest BCUT2D eigenvalue weighted by Gasteiger charge is -2.00. The minimum Gasteiger partial charge on any atom is -0.289 e. The van der Waals surface area contributed by atoms with Gasteiger partial charge in [-0.15, -0.1) is 11.3 Å². The monoisotopic (exact) mass is 272 g/mol. The fourth-order valence-electron chi connectivity index (χ4n) is 1.97. The van der Waals surface area contributed by atoms with Gasteiger partial charge in [0.05, 0.1) is 16.3 Å². The lowest BCUT2D eigenvalue weighted by atomic mass is 10.3. The molecule has 5 nitrogen and oxygen atoms in total. The van der Waals surface area contributed by atoms with E-state index in [2.05, 4.69) is 10.5 Å². The predicted molar refractivity (Wildman–Crippen MR) is 75.3 cm³/mol. The summed E-state index contributed by atoms with van der Waals surface area (Å²) in [6.45, 7) is 1.93. The highest BCUT2D eigenvalue weighted by Gasteiger charge is 2.16. The Kier molecular flexibility index (Phi) is 2.81. The Hall–Kier alpha value is -2.18. The highest BCUT2D eigenvalue weighted by molar-refractivity contribution is 7.20. The Bertz CT molecular complexity index is 745. The van der Waals surface area contributed by atoms with Crippen molar-refractivity contribution in [2.75, 3.05) is 0 Å². The second kappa shape index (κ2) is 4.49. The summed E-state index contributed by atoms with van der Waals surface area (Å²) >= 11 is 1.38. The number of carbonyl (C=O) groups is 1. The molecule has 1 aromatic carbocycles. The molecular formula is C13H12N4OS. The number of amides is 1. The zero-order valence-electron chi connectivity index (χ0n) is 10.3. The van der Waals surface area contributed by atoms with E-state index in [9.17, 15) is 4.79 Å². The number of nitrogens with two attached hydrogens (primary N) is 1. The van der Waals surface area contributed by atoms with Crippen LogP contribution in [-0.4, -0.2) is 15.7 Å². The molecule has 6 heteroatoms. The van der Waals surface area contributed by atoms with Crippen LogP contribution in [0.4, 0.5) is 0 Å². The number of nitrogens with zero attached hydrogens (tertiary/aromatic N) is 2. The fourth-order valence-corrected chi connectivity index (χ4v) is 3.06. The molecule has 3 aromatic rings. The van der Waals surface area contributed by atoms with Gasteiger partial charge in [0, 0.05) is 5.39 Å². The number of nitrogen functional groups attached to an aromatic ring is 1. The summed E-state index contributed by atoms with van der Waals surface area (Å²) in [6, 6.07) is 11.7. The summed E-state index contributed by atoms with van der Waals surface area (Å²) in [5.74, 6) is 4.89. The minimum absolute atomic E-state index is 0.278. The number of carbonyl (C=O) groups excluding carboxylic acids is 1. The molecule has 96 valence electrons. The summed E-state index contributed by atoms with van der Waals surface area (Å²) in [7, 11) is 0. The number of aryl methyl sites for hydroxylation is 1. The molecule has 19 heavy (non-hydrogen) atoms. The maximum atomic E-state index is 11.6. The van der Waals surface area contributed by atoms with E-state index in [1.54, 1.807) is 0 Å². The molecular weight excluding hydrogens is 260 g/mol. The van der Waals surface area contributed by atoms with Gasteiger partial charge in [0.2, 0.25) is 0 Å². The highest BCUT2D eigenvalue weighted by Crippen LogP contribution is 2.30. The van der Waals surface area contributed by atoms with Crippen LogP contribution in [0.3, 0.4) is 0 Å². The van der Waals surface area contributed by atoms with Crippen LogP contribution in [0.1, 0.15) is 15.4 Å². The first-order valence-corrected chi connectivity index (χ1v) is 6.58. The number of hydrogen-bond acceptors (Lipinski definition) is 4. The fraction of sp³-hybridized carbons (Fsp3) is 0.0769. The summed E-state index contributed by atoms with van der Waals surface area (Å²) in [5.41, 5.74) is 4.02. The van der Waals surface area contributed by atoms with Gasteiger partial charge in [-0.2, -0.15) is 5.10 Å². The Morgan fingerprint density at radius 2 is 2.11 bits per heavy atom. The van der Waals surface area contributed by atoms with Crippen molar-refractivity contribution >= 4 is 27.5 Å². The number of para-hydroxylation sites is 1. The molecule has 0 spiro atoms. The number of fused-ring (bicyclic) bond motifs is 1. The van der Waals surface area contributed by atoms with Crippen LogP contribution in [0.15, 0.2) is 36.4 Å². The number of hydrazine groups is 1. The van der Waals surface area contributed by atoms with Gasteiger partial charge in [-0.3, -0.25) is 10.2 Å². The standard InChI is InChI=1S/C13H12N4OS/c1-8-10-7-11(12(18)15-14)19-13(10)17(16-8)9-5-3-2-4-6-9/h2-7H,14H2,1H3,(H,15,18). The summed E-state index contributed by atoms with van der Waals surface area (Å²) in [6.07, 6.45) is 0. The first-order valence-electron chi connectivity index (χ1n) is 5.76. The van der Waals surface area contributed by atoms with E-state index in [0.29, 0.717) is 4.88 Å². The second-order valence-electron chi connectivity index (χ2n) is 4.14. The Balaban J connectivity index is 2.21. The van der Waals surface area contributed by atoms with Crippen LogP contribution in [0, 0.1) is 6.92 Å². The number of aromatic nitrogens is 2. The number of nitrogens with one attached hydrogen (secondary N) is 1. The third-order valence-electron chi connectivity index (χ3n) is 2.90. The third kappa shape index (κ3) is 1.91. The molecule has 3 rings (SSSR count). The van der Waals surface area contributed by atoms with Crippen molar-refractivity contribution in [2.24, 2.45) is 5.84 Å². The Morgan fingerprint density at radius 1 is 1.37 bits per heavy atom. The van der Waals surface area contributed by atoms with Crippen LogP contribution in [0.2, 0.25) is 0 Å². The molecule has 0 aliphatic carbocycles. The van der Waals surface area contributed by atoms with Crippen molar-refractivity contribution in [1.29, 1.82) is 0 Å². The van der Waals surface area contributed by atoms with E-state index < -0.39 is 0 Å². The van der Waals surface area contributed by atoms with Crippen LogP contribution in [0.25, 0.3) is 15.9 Å². The molecule has 0 aliphatic rings. The summed E-state index contributed by atoms with van der Waals surface area (Å²) in [4.78, 5) is 13.1. The lowest BCUT2D eigenvalue weighted by Crippen LogP contribution is -2.29. The first kappa shape index (κ1) is 11.9. The van der Waals surface area contributed by atoms with Crippen molar-refractivity contribution in [2.45, 2.75) is 6.92 Å². The largest absolute Gasteiger partial charge is 0.289 e. The summed E-state index contributed by atoms with van der Waals surface area (Å²) in [5, 5.41) is 5.49. The molecule has 0 atom stereocenters. The first-order chi connectivity index (χ1) is 9.20. The molecule has 0 bridgehead atoms. The zero-order valence-corrected chi connectivity index (χ0v) is 11.1. The molecule has 2 aromatic heterocycles. The Labute approximate surface area is 113 Å². The number of hydrogen-bond donors (Lipinski definition) is 2. The van der Waals surface area contributed by atoms with Crippen LogP contribution < -0.4 is 11.3 Å². The van der Waals surface area contributed by atoms with Crippen LogP contribution in [-0.2, 0) is 0 Å². The van der Waals surface area contributed by atoms with Gasteiger partial charge in [0.25, 0.3) is 5.91 Å². The van der Waals surface area contributed by atoms with E-state index >= 15 is 0 Å². The normalized spacial score (nSPS) is 10.8. The molecule has 0 saturated carbocycles. The maximum Gasteiger partial charge on any atom is 0.275 e. The lowest BCUT2D eigenvalue weighted by molar-refractivity contribution is 0.0958. The van der Waals surface area contributed by atoms with E-state index in [1.807, 2.05) is 48.0 Å². The topological polar surface area (TPSA) is 72.9 Å². The molecule has 0 fully saturated rings. The average molecular weight is 272 g/mol. The third-order valence-corrected chi connectivity index (χ3v) is 4.01.